The van der Waals surface area contributed by atoms with Crippen molar-refractivity contribution < 1.29 is 0 Å². The van der Waals surface area contributed by atoms with Crippen LogP contribution < -0.4 is 5.73 Å². The van der Waals surface area contributed by atoms with Crippen LogP contribution >= 0.6 is 11.8 Å². The Bertz CT molecular complexity index is 407. The molecular formula is C15H23N3S. The van der Waals surface area contributed by atoms with Gasteiger partial charge in [0.2, 0.25) is 0 Å². The van der Waals surface area contributed by atoms with Gasteiger partial charge < -0.3 is 10.6 Å². The monoisotopic (exact) mass is 277 g/mol. The summed E-state index contributed by atoms with van der Waals surface area (Å²) >= 11 is 2.07. The number of hydrogen-bond donors (Lipinski definition) is 2. The number of nitrogens with zero attached hydrogens (tertiary/aromatic N) is 1. The summed E-state index contributed by atoms with van der Waals surface area (Å²) in [5.41, 5.74) is 6.96. The van der Waals surface area contributed by atoms with E-state index < -0.39 is 0 Å². The topological polar surface area (TPSA) is 53.1 Å². The van der Waals surface area contributed by atoms with E-state index in [9.17, 15) is 0 Å². The molecule has 3 nitrogen and oxygen atoms in total. The molecule has 1 saturated heterocycles. The third-order valence-electron chi connectivity index (χ3n) is 3.70. The van der Waals surface area contributed by atoms with Gasteiger partial charge in [-0.05, 0) is 12.0 Å². The van der Waals surface area contributed by atoms with Crippen molar-refractivity contribution in [3.63, 3.8) is 0 Å². The molecule has 0 aromatic heterocycles. The molecule has 4 heteroatoms. The molecule has 1 aromatic rings. The summed E-state index contributed by atoms with van der Waals surface area (Å²) in [4.78, 5) is 2.46. The van der Waals surface area contributed by atoms with E-state index in [1.54, 1.807) is 0 Å². The summed E-state index contributed by atoms with van der Waals surface area (Å²) in [7, 11) is 0. The minimum Gasteiger partial charge on any atom is -0.387 e. The molecule has 1 aromatic carbocycles. The molecule has 2 unspecified atom stereocenters. The van der Waals surface area contributed by atoms with Crippen molar-refractivity contribution in [2.75, 3.05) is 25.4 Å². The van der Waals surface area contributed by atoms with Gasteiger partial charge in [0, 0.05) is 30.6 Å². The zero-order valence-corrected chi connectivity index (χ0v) is 12.3. The van der Waals surface area contributed by atoms with Crippen molar-refractivity contribution in [3.05, 3.63) is 35.9 Å². The zero-order valence-electron chi connectivity index (χ0n) is 11.5. The smallest absolute Gasteiger partial charge is 0.0995 e. The minimum atomic E-state index is 0.0295. The first-order valence-corrected chi connectivity index (χ1v) is 7.98. The molecule has 1 heterocycles. The predicted octanol–water partition coefficient (Wildman–Crippen LogP) is 2.53. The summed E-state index contributed by atoms with van der Waals surface area (Å²) in [6.45, 7) is 5.35. The summed E-state index contributed by atoms with van der Waals surface area (Å²) in [5, 5.41) is 8.58. The number of hydrogen-bond acceptors (Lipinski definition) is 3. The van der Waals surface area contributed by atoms with Crippen LogP contribution in [-0.2, 0) is 0 Å². The number of rotatable bonds is 5. The Kier molecular flexibility index (Phi) is 5.28. The lowest BCUT2D eigenvalue weighted by Crippen LogP contribution is -2.42. The van der Waals surface area contributed by atoms with Gasteiger partial charge in [0.05, 0.1) is 11.8 Å². The van der Waals surface area contributed by atoms with E-state index in [1.165, 1.54) is 12.2 Å². The molecular weight excluding hydrogens is 254 g/mol. The van der Waals surface area contributed by atoms with E-state index in [0.717, 1.165) is 30.4 Å². The normalized spacial score (nSPS) is 22.1. The molecule has 1 aliphatic heterocycles. The highest BCUT2D eigenvalue weighted by atomic mass is 32.2. The first-order valence-electron chi connectivity index (χ1n) is 6.93. The van der Waals surface area contributed by atoms with E-state index in [4.69, 9.17) is 11.1 Å². The maximum absolute atomic E-state index is 7.85. The molecule has 0 radical (unpaired) electrons. The molecule has 1 aliphatic rings. The lowest BCUT2D eigenvalue weighted by molar-refractivity contribution is 0.278. The van der Waals surface area contributed by atoms with E-state index in [-0.39, 0.29) is 11.8 Å². The molecule has 2 atom stereocenters. The van der Waals surface area contributed by atoms with Crippen molar-refractivity contribution in [2.45, 2.75) is 24.5 Å². The highest BCUT2D eigenvalue weighted by Crippen LogP contribution is 2.24. The van der Waals surface area contributed by atoms with Crippen LogP contribution in [0.5, 0.6) is 0 Å². The molecule has 19 heavy (non-hydrogen) atoms. The fraction of sp³-hybridized carbons (Fsp3) is 0.533. The number of nitrogens with two attached hydrogens (primary N) is 1. The van der Waals surface area contributed by atoms with Gasteiger partial charge in [-0.3, -0.25) is 5.41 Å². The molecule has 2 rings (SSSR count). The van der Waals surface area contributed by atoms with Crippen LogP contribution in [0, 0.1) is 5.41 Å². The van der Waals surface area contributed by atoms with Crippen molar-refractivity contribution in [2.24, 2.45) is 5.73 Å². The van der Waals surface area contributed by atoms with Gasteiger partial charge >= 0.3 is 0 Å². The predicted molar refractivity (Wildman–Crippen MR) is 84.1 cm³/mol. The molecule has 1 fully saturated rings. The Labute approximate surface area is 120 Å². The Balaban J connectivity index is 2.03. The molecule has 0 amide bonds. The molecule has 104 valence electrons. The number of nitrogens with one attached hydrogen (secondary N) is 1. The fourth-order valence-electron chi connectivity index (χ4n) is 2.52. The summed E-state index contributed by atoms with van der Waals surface area (Å²) in [6.07, 6.45) is 1.22. The highest BCUT2D eigenvalue weighted by Gasteiger charge is 2.23. The van der Waals surface area contributed by atoms with E-state index in [2.05, 4.69) is 35.7 Å². The van der Waals surface area contributed by atoms with Crippen LogP contribution in [0.15, 0.2) is 30.3 Å². The van der Waals surface area contributed by atoms with Crippen molar-refractivity contribution >= 4 is 17.6 Å². The molecule has 3 N–H and O–H groups in total. The van der Waals surface area contributed by atoms with E-state index >= 15 is 0 Å². The second-order valence-electron chi connectivity index (χ2n) is 5.08. The van der Waals surface area contributed by atoms with Gasteiger partial charge in [-0.1, -0.05) is 37.3 Å². The average Bonchev–Trinajstić information content (AvgIpc) is 2.45. The van der Waals surface area contributed by atoms with E-state index in [1.807, 2.05) is 18.2 Å². The largest absolute Gasteiger partial charge is 0.387 e. The quantitative estimate of drug-likeness (QED) is 0.642. The number of thioether (sulfide) groups is 1. The fourth-order valence-corrected chi connectivity index (χ4v) is 3.77. The summed E-state index contributed by atoms with van der Waals surface area (Å²) in [6, 6.07) is 10.2. The van der Waals surface area contributed by atoms with Gasteiger partial charge in [-0.2, -0.15) is 11.8 Å². The standard InChI is InChI=1S/C15H23N3S/c1-2-13-10-18(8-9-19-13)11-14(15(16)17)12-6-4-3-5-7-12/h3-7,13-14H,2,8-11H2,1H3,(H3,16,17). The Hall–Kier alpha value is -1.00. The Morgan fingerprint density at radius 1 is 1.47 bits per heavy atom. The third kappa shape index (κ3) is 3.98. The highest BCUT2D eigenvalue weighted by molar-refractivity contribution is 8.00. The molecule has 0 saturated carbocycles. The first-order chi connectivity index (χ1) is 9.20. The van der Waals surface area contributed by atoms with Crippen LogP contribution in [-0.4, -0.2) is 41.4 Å². The first kappa shape index (κ1) is 14.4. The van der Waals surface area contributed by atoms with Crippen LogP contribution in [0.25, 0.3) is 0 Å². The van der Waals surface area contributed by atoms with Gasteiger partial charge in [0.1, 0.15) is 0 Å². The molecule has 0 bridgehead atoms. The third-order valence-corrected chi connectivity index (χ3v) is 5.07. The van der Waals surface area contributed by atoms with Crippen LogP contribution in [0.2, 0.25) is 0 Å². The van der Waals surface area contributed by atoms with Crippen molar-refractivity contribution in [1.82, 2.24) is 4.90 Å². The number of benzene rings is 1. The van der Waals surface area contributed by atoms with Gasteiger partial charge in [0.15, 0.2) is 0 Å². The van der Waals surface area contributed by atoms with Crippen LogP contribution in [0.3, 0.4) is 0 Å². The van der Waals surface area contributed by atoms with Crippen molar-refractivity contribution in [1.29, 1.82) is 5.41 Å². The Morgan fingerprint density at radius 2 is 2.21 bits per heavy atom. The van der Waals surface area contributed by atoms with Crippen LogP contribution in [0.1, 0.15) is 24.8 Å². The lowest BCUT2D eigenvalue weighted by atomic mass is 9.97. The maximum atomic E-state index is 7.85. The molecule has 0 spiro atoms. The summed E-state index contributed by atoms with van der Waals surface area (Å²) < 4.78 is 0. The van der Waals surface area contributed by atoms with Crippen molar-refractivity contribution in [3.8, 4) is 0 Å². The lowest BCUT2D eigenvalue weighted by Gasteiger charge is -2.34. The van der Waals surface area contributed by atoms with Gasteiger partial charge in [-0.25, -0.2) is 0 Å². The second-order valence-corrected chi connectivity index (χ2v) is 6.49. The Morgan fingerprint density at radius 3 is 2.84 bits per heavy atom. The average molecular weight is 277 g/mol. The van der Waals surface area contributed by atoms with Gasteiger partial charge in [-0.15, -0.1) is 0 Å². The maximum Gasteiger partial charge on any atom is 0.0995 e. The molecule has 0 aliphatic carbocycles. The zero-order chi connectivity index (χ0) is 13.7. The SMILES string of the molecule is CCC1CN(CC(C(=N)N)c2ccccc2)CCS1. The minimum absolute atomic E-state index is 0.0295. The van der Waals surface area contributed by atoms with E-state index in [0.29, 0.717) is 0 Å². The van der Waals surface area contributed by atoms with Gasteiger partial charge in [0.25, 0.3) is 0 Å². The second kappa shape index (κ2) is 6.96. The van der Waals surface area contributed by atoms with Crippen LogP contribution in [0.4, 0.5) is 0 Å². The summed E-state index contributed by atoms with van der Waals surface area (Å²) in [5.74, 6) is 1.50. The number of amidine groups is 1.